The van der Waals surface area contributed by atoms with Crippen molar-refractivity contribution < 1.29 is 134 Å². The molecular weight excluding hydrogens is 1540 g/mol. The molecule has 0 aromatic carbocycles. The molecule has 0 bridgehead atoms. The number of hydrogen-bond acceptors (Lipinski definition) is 22. The molecule has 0 aliphatic carbocycles. The minimum absolute atomic E-state index is 0. The van der Waals surface area contributed by atoms with Crippen LogP contribution in [0.2, 0.25) is 0 Å². The summed E-state index contributed by atoms with van der Waals surface area (Å²) in [5.41, 5.74) is 0. The Morgan fingerprint density at radius 3 is 1.02 bits per heavy atom. The zero-order valence-electron chi connectivity index (χ0n) is 73.8. The van der Waals surface area contributed by atoms with Crippen molar-refractivity contribution in [3.8, 4) is 0 Å². The number of phosphoric ester groups is 2. The molecule has 29 heteroatoms. The van der Waals surface area contributed by atoms with Crippen LogP contribution >= 0.6 is 15.6 Å². The fraction of sp³-hybridized carbons (Fsp3) is 0.885. The van der Waals surface area contributed by atoms with Crippen LogP contribution in [0.25, 0.3) is 0 Å². The summed E-state index contributed by atoms with van der Waals surface area (Å²) in [6.07, 6.45) is 46.9. The van der Waals surface area contributed by atoms with E-state index in [2.05, 4.69) is 87.1 Å². The number of unbranched alkanes of at least 4 members (excludes halogenated alkanes) is 32. The maximum absolute atomic E-state index is 13.9. The van der Waals surface area contributed by atoms with E-state index in [9.17, 15) is 57.9 Å². The molecule has 1 heterocycles. The van der Waals surface area contributed by atoms with Gasteiger partial charge in [0.05, 0.1) is 76.8 Å². The van der Waals surface area contributed by atoms with E-state index >= 15 is 0 Å². The van der Waals surface area contributed by atoms with Crippen molar-refractivity contribution >= 4 is 51.2 Å². The van der Waals surface area contributed by atoms with Gasteiger partial charge in [0.2, 0.25) is 11.8 Å². The molecule has 6 N–H and O–H groups in total. The Morgan fingerprint density at radius 1 is 0.397 bits per heavy atom. The van der Waals surface area contributed by atoms with Gasteiger partial charge in [0.15, 0.2) is 18.0 Å². The van der Waals surface area contributed by atoms with Gasteiger partial charge in [-0.3, -0.25) is 37.9 Å². The van der Waals surface area contributed by atoms with Crippen molar-refractivity contribution in [3.63, 3.8) is 0 Å². The van der Waals surface area contributed by atoms with Crippen LogP contribution in [0.4, 0.5) is 0 Å². The number of aliphatic hydroxyl groups excluding tert-OH is 2. The Morgan fingerprint density at radius 2 is 0.690 bits per heavy atom. The molecule has 0 radical (unpaired) electrons. The normalized spacial score (nSPS) is 16.7. The maximum Gasteiger partial charge on any atom is 1.00 e. The molecule has 10 unspecified atom stereocenters. The van der Waals surface area contributed by atoms with E-state index in [-0.39, 0.29) is 81.7 Å². The molecule has 10 atom stereocenters. The predicted molar refractivity (Wildman–Crippen MR) is 449 cm³/mol. The average Bonchev–Trinajstić information content (AvgIpc) is 1.66. The molecule has 1 saturated heterocycles. The third kappa shape index (κ3) is 67.8. The Kier molecular flexibility index (Phi) is 74.2. The van der Waals surface area contributed by atoms with E-state index in [0.717, 1.165) is 180 Å². The van der Waals surface area contributed by atoms with Crippen molar-refractivity contribution in [2.24, 2.45) is 0 Å². The Labute approximate surface area is 723 Å². The summed E-state index contributed by atoms with van der Waals surface area (Å²) in [4.78, 5) is 108. The standard InChI is InChI=1S/C87H164N4O22P2.Na/c1-9-15-21-27-31-35-37-43-49-55-77(110-81(96)57-51-45-39-33-29-23-17-11-3)67-79(94)90-73(69-104-63-59-75(92)53-47-41-25-19-13-5)71-108-114(100,101)106-65-61-88-85(98)83-84(113-87(7,8)112-83)86(99)89-62-66-107-115(102,103)109-72-74(70-105-64-60-76(93)54-48-42-26-20-14-6)91-80(95)68-78(56-50-44-38-36-32-28-22-16-10-2)111-82(97)58-52-46-40-34-30-24-18-12-4;/h33-34,39-40,73-78,83-84,92-93H,9-32,35-38,41-72H2,1-8H3,(H,88,98)(H,89,99)(H,90,94)(H,91,95)(H,100,101)(H,102,103);/q;+1/p-2/b39-33-,40-34-;. The number of hydrogen-bond donors (Lipinski definition) is 6. The first-order valence-electron chi connectivity index (χ1n) is 45.3. The van der Waals surface area contributed by atoms with Crippen molar-refractivity contribution in [3.05, 3.63) is 24.3 Å². The second-order valence-corrected chi connectivity index (χ2v) is 34.6. The third-order valence-corrected chi connectivity index (χ3v) is 22.0. The van der Waals surface area contributed by atoms with Crippen LogP contribution in [0.15, 0.2) is 24.3 Å². The average molecular weight is 1700 g/mol. The number of phosphoric acid groups is 2. The van der Waals surface area contributed by atoms with Gasteiger partial charge >= 0.3 is 41.5 Å². The number of aliphatic hydroxyl groups is 2. The molecule has 0 saturated carbocycles. The second-order valence-electron chi connectivity index (χ2n) is 31.8. The van der Waals surface area contributed by atoms with Gasteiger partial charge in [0.25, 0.3) is 27.5 Å². The van der Waals surface area contributed by atoms with Gasteiger partial charge in [-0.15, -0.1) is 0 Å². The Balaban J connectivity index is 0.000132. The fourth-order valence-electron chi connectivity index (χ4n) is 13.3. The first-order valence-corrected chi connectivity index (χ1v) is 48.2. The van der Waals surface area contributed by atoms with Gasteiger partial charge in [-0.05, 0) is 117 Å². The fourth-order valence-corrected chi connectivity index (χ4v) is 14.8. The number of nitrogens with one attached hydrogen (secondary N) is 4. The van der Waals surface area contributed by atoms with Gasteiger partial charge in [0, 0.05) is 39.1 Å². The van der Waals surface area contributed by atoms with E-state index in [0.29, 0.717) is 51.4 Å². The SMILES string of the molecule is CCCCC/C=C\CCCC(=O)OC(CCCCCCCCCCC)CC(=O)NC(COCCC(O)CCCCCCC)COP(=O)([O-])OCCNC(=O)C1OC(C)(C)OC1C(=O)NCCOP(=O)([O-])OCC(COCCC(O)CCCCCCC)NC(=O)CC(CCCCCCCCCCC)OC(=O)CCC/C=C\CCCCC.[Na+]. The van der Waals surface area contributed by atoms with E-state index in [1.165, 1.54) is 78.1 Å². The molecule has 1 fully saturated rings. The summed E-state index contributed by atoms with van der Waals surface area (Å²) in [6, 6.07) is -2.05. The van der Waals surface area contributed by atoms with Crippen LogP contribution in [0.3, 0.4) is 0 Å². The molecule has 0 spiro atoms. The zero-order chi connectivity index (χ0) is 84.7. The first-order chi connectivity index (χ1) is 55.4. The number of esters is 2. The van der Waals surface area contributed by atoms with Crippen molar-refractivity contribution in [2.45, 2.75) is 431 Å². The van der Waals surface area contributed by atoms with Gasteiger partial charge in [-0.2, -0.15) is 0 Å². The van der Waals surface area contributed by atoms with Crippen LogP contribution in [0.5, 0.6) is 0 Å². The summed E-state index contributed by atoms with van der Waals surface area (Å²) in [7, 11) is -10.3. The Hall–Kier alpha value is -2.72. The molecular formula is C87H162N4NaO22P2-. The molecule has 4 amide bonds. The van der Waals surface area contributed by atoms with Crippen LogP contribution in [-0.4, -0.2) is 166 Å². The maximum atomic E-state index is 13.9. The van der Waals surface area contributed by atoms with Crippen molar-refractivity contribution in [2.75, 3.05) is 65.9 Å². The number of allylic oxidation sites excluding steroid dienone is 4. The van der Waals surface area contributed by atoms with Crippen LogP contribution in [0.1, 0.15) is 376 Å². The second kappa shape index (κ2) is 76.0. The zero-order valence-corrected chi connectivity index (χ0v) is 77.6. The number of amides is 4. The monoisotopic (exact) mass is 1700 g/mol. The summed E-state index contributed by atoms with van der Waals surface area (Å²) in [5, 5.41) is 31.9. The molecule has 0 aromatic heterocycles. The van der Waals surface area contributed by atoms with Crippen LogP contribution < -0.4 is 60.6 Å². The third-order valence-electron chi connectivity index (χ3n) is 20.1. The molecule has 116 heavy (non-hydrogen) atoms. The van der Waals surface area contributed by atoms with Crippen LogP contribution in [0, 0.1) is 0 Å². The molecule has 1 rings (SSSR count). The largest absolute Gasteiger partial charge is 1.00 e. The minimum Gasteiger partial charge on any atom is -0.756 e. The number of carbonyl (C=O) groups excluding carboxylic acids is 6. The minimum atomic E-state index is -5.14. The summed E-state index contributed by atoms with van der Waals surface area (Å²) in [5.74, 6) is -5.03. The number of rotatable bonds is 82. The van der Waals surface area contributed by atoms with Gasteiger partial charge < -0.3 is 87.8 Å². The van der Waals surface area contributed by atoms with E-state index < -0.39 is 145 Å². The molecule has 0 aromatic rings. The molecule has 26 nitrogen and oxygen atoms in total. The summed E-state index contributed by atoms with van der Waals surface area (Å²) < 4.78 is 82.6. The van der Waals surface area contributed by atoms with Crippen molar-refractivity contribution in [1.82, 2.24) is 21.3 Å². The first kappa shape index (κ1) is 113. The summed E-state index contributed by atoms with van der Waals surface area (Å²) in [6.45, 7) is 12.5. The predicted octanol–water partition coefficient (Wildman–Crippen LogP) is 14.0. The topological polar surface area (TPSA) is 364 Å². The van der Waals surface area contributed by atoms with Gasteiger partial charge in [0.1, 0.15) is 12.2 Å². The van der Waals surface area contributed by atoms with Gasteiger partial charge in [-0.1, -0.05) is 258 Å². The molecule has 674 valence electrons. The van der Waals surface area contributed by atoms with E-state index in [1.54, 1.807) is 0 Å². The Bertz CT molecular complexity index is 2430. The smallest absolute Gasteiger partial charge is 0.756 e. The van der Waals surface area contributed by atoms with Gasteiger partial charge in [-0.25, -0.2) is 0 Å². The quantitative estimate of drug-likeness (QED) is 0.0108. The van der Waals surface area contributed by atoms with E-state index in [4.69, 9.17) is 46.5 Å². The van der Waals surface area contributed by atoms with Crippen molar-refractivity contribution in [1.29, 1.82) is 0 Å². The molecule has 1 aliphatic rings. The number of ether oxygens (including phenoxy) is 6. The number of carbonyl (C=O) groups is 6. The molecule has 1 aliphatic heterocycles. The van der Waals surface area contributed by atoms with E-state index in [1.807, 2.05) is 0 Å². The summed E-state index contributed by atoms with van der Waals surface area (Å²) >= 11 is 0. The van der Waals surface area contributed by atoms with Crippen LogP contribution in [-0.2, 0) is 84.4 Å².